The van der Waals surface area contributed by atoms with Gasteiger partial charge in [0.05, 0.1) is 18.2 Å². The van der Waals surface area contributed by atoms with Crippen LogP contribution in [0.15, 0.2) is 30.3 Å². The zero-order chi connectivity index (χ0) is 14.1. The minimum absolute atomic E-state index is 0.142. The monoisotopic (exact) mass is 287 g/mol. The number of aliphatic hydroxyl groups excluding tert-OH is 1. The van der Waals surface area contributed by atoms with Crippen molar-refractivity contribution < 1.29 is 5.11 Å². The number of rotatable bonds is 3. The molecule has 5 heteroatoms. The molecule has 3 N–H and O–H groups in total. The van der Waals surface area contributed by atoms with E-state index in [1.54, 1.807) is 0 Å². The van der Waals surface area contributed by atoms with Gasteiger partial charge in [-0.3, -0.25) is 0 Å². The van der Waals surface area contributed by atoms with Crippen molar-refractivity contribution in [2.45, 2.75) is 18.9 Å². The highest BCUT2D eigenvalue weighted by molar-refractivity contribution is 7.80. The van der Waals surface area contributed by atoms with Gasteiger partial charge in [0, 0.05) is 17.5 Å². The van der Waals surface area contributed by atoms with Crippen LogP contribution in [0.3, 0.4) is 0 Å². The summed E-state index contributed by atoms with van der Waals surface area (Å²) < 4.78 is 0. The Labute approximate surface area is 123 Å². The van der Waals surface area contributed by atoms with Gasteiger partial charge in [-0.05, 0) is 25.0 Å². The summed E-state index contributed by atoms with van der Waals surface area (Å²) in [5.74, 6) is 0.850. The number of thiocarbonyl (C=S) groups is 1. The molecule has 0 radical (unpaired) electrons. The molecule has 1 aromatic carbocycles. The first-order chi connectivity index (χ1) is 9.70. The normalized spacial score (nSPS) is 18.6. The number of aliphatic hydroxyl groups is 1. The highest BCUT2D eigenvalue weighted by Crippen LogP contribution is 2.28. The maximum Gasteiger partial charge on any atom is 0.130 e. The van der Waals surface area contributed by atoms with Crippen LogP contribution in [-0.2, 0) is 0 Å². The Bertz CT molecular complexity index is 659. The Morgan fingerprint density at radius 2 is 2.25 bits per heavy atom. The number of nitrogens with zero attached hydrogens (tertiary/aromatic N) is 2. The number of para-hydroxylation sites is 1. The minimum atomic E-state index is 0.142. The number of pyridine rings is 1. The van der Waals surface area contributed by atoms with Gasteiger partial charge in [0.2, 0.25) is 0 Å². The smallest absolute Gasteiger partial charge is 0.130 e. The molecule has 3 rings (SSSR count). The molecule has 104 valence electrons. The lowest BCUT2D eigenvalue weighted by atomic mass is 10.1. The van der Waals surface area contributed by atoms with E-state index in [1.165, 1.54) is 0 Å². The van der Waals surface area contributed by atoms with Gasteiger partial charge >= 0.3 is 0 Å². The summed E-state index contributed by atoms with van der Waals surface area (Å²) >= 11 is 5.16. The third-order valence-electron chi connectivity index (χ3n) is 3.85. The average molecular weight is 287 g/mol. The molecule has 20 heavy (non-hydrogen) atoms. The second kappa shape index (κ2) is 5.34. The number of anilines is 1. The van der Waals surface area contributed by atoms with Crippen LogP contribution in [0.5, 0.6) is 0 Å². The van der Waals surface area contributed by atoms with Crippen molar-refractivity contribution in [3.8, 4) is 0 Å². The molecule has 1 aromatic heterocycles. The van der Waals surface area contributed by atoms with E-state index in [1.807, 2.05) is 30.3 Å². The Balaban J connectivity index is 2.15. The molecule has 0 saturated carbocycles. The fourth-order valence-electron chi connectivity index (χ4n) is 2.84. The van der Waals surface area contributed by atoms with E-state index in [0.717, 1.165) is 41.7 Å². The zero-order valence-electron chi connectivity index (χ0n) is 11.1. The van der Waals surface area contributed by atoms with Gasteiger partial charge in [-0.1, -0.05) is 30.4 Å². The SMILES string of the molecule is NC(=S)c1cc(N2CCCC2CO)nc2ccccc12. The lowest BCUT2D eigenvalue weighted by molar-refractivity contribution is 0.266. The molecule has 1 atom stereocenters. The van der Waals surface area contributed by atoms with E-state index < -0.39 is 0 Å². The topological polar surface area (TPSA) is 62.4 Å². The fourth-order valence-corrected chi connectivity index (χ4v) is 3.01. The Hall–Kier alpha value is -1.72. The molecule has 4 nitrogen and oxygen atoms in total. The number of nitrogens with two attached hydrogens (primary N) is 1. The van der Waals surface area contributed by atoms with Gasteiger partial charge in [0.25, 0.3) is 0 Å². The van der Waals surface area contributed by atoms with Crippen LogP contribution in [0, 0.1) is 0 Å². The Morgan fingerprint density at radius 3 is 3.00 bits per heavy atom. The van der Waals surface area contributed by atoms with Crippen LogP contribution in [-0.4, -0.2) is 34.3 Å². The van der Waals surface area contributed by atoms with Crippen molar-refractivity contribution >= 4 is 33.9 Å². The first-order valence-corrected chi connectivity index (χ1v) is 7.18. The van der Waals surface area contributed by atoms with Crippen molar-refractivity contribution in [3.63, 3.8) is 0 Å². The van der Waals surface area contributed by atoms with Gasteiger partial charge in [0.1, 0.15) is 10.8 Å². The number of hydrogen-bond acceptors (Lipinski definition) is 4. The second-order valence-corrected chi connectivity index (χ2v) is 5.52. The molecule has 1 aliphatic heterocycles. The van der Waals surface area contributed by atoms with Crippen LogP contribution in [0.1, 0.15) is 18.4 Å². The number of aromatic nitrogens is 1. The number of hydrogen-bond donors (Lipinski definition) is 2. The van der Waals surface area contributed by atoms with Crippen molar-refractivity contribution in [2.75, 3.05) is 18.1 Å². The van der Waals surface area contributed by atoms with E-state index >= 15 is 0 Å². The van der Waals surface area contributed by atoms with Gasteiger partial charge in [0.15, 0.2) is 0 Å². The highest BCUT2D eigenvalue weighted by atomic mass is 32.1. The molecular weight excluding hydrogens is 270 g/mol. The molecule has 2 aromatic rings. The molecule has 0 aliphatic carbocycles. The van der Waals surface area contributed by atoms with Crippen molar-refractivity contribution in [3.05, 3.63) is 35.9 Å². The van der Waals surface area contributed by atoms with Gasteiger partial charge in [-0.15, -0.1) is 0 Å². The molecule has 1 fully saturated rings. The standard InChI is InChI=1S/C15H17N3OS/c16-15(20)12-8-14(18-7-3-4-10(18)9-19)17-13-6-2-1-5-11(12)13/h1-2,5-6,8,10,19H,3-4,7,9H2,(H2,16,20). The Kier molecular flexibility index (Phi) is 3.54. The third kappa shape index (κ3) is 2.23. The molecular formula is C15H17N3OS. The zero-order valence-corrected chi connectivity index (χ0v) is 11.9. The van der Waals surface area contributed by atoms with Crippen LogP contribution < -0.4 is 10.6 Å². The van der Waals surface area contributed by atoms with Crippen molar-refractivity contribution in [2.24, 2.45) is 5.73 Å². The summed E-state index contributed by atoms with van der Waals surface area (Å²) in [5, 5.41) is 10.4. The molecule has 0 bridgehead atoms. The largest absolute Gasteiger partial charge is 0.394 e. The molecule has 0 amide bonds. The summed E-state index contributed by atoms with van der Waals surface area (Å²) in [6, 6.07) is 9.94. The van der Waals surface area contributed by atoms with E-state index in [9.17, 15) is 5.11 Å². The fraction of sp³-hybridized carbons (Fsp3) is 0.333. The van der Waals surface area contributed by atoms with Gasteiger partial charge in [-0.2, -0.15) is 0 Å². The second-order valence-electron chi connectivity index (χ2n) is 5.08. The summed E-state index contributed by atoms with van der Waals surface area (Å²) in [4.78, 5) is 7.22. The number of fused-ring (bicyclic) bond motifs is 1. The van der Waals surface area contributed by atoms with Crippen LogP contribution in [0.2, 0.25) is 0 Å². The van der Waals surface area contributed by atoms with E-state index in [4.69, 9.17) is 22.9 Å². The van der Waals surface area contributed by atoms with E-state index in [-0.39, 0.29) is 12.6 Å². The summed E-state index contributed by atoms with van der Waals surface area (Å²) in [7, 11) is 0. The lowest BCUT2D eigenvalue weighted by Gasteiger charge is -2.25. The van der Waals surface area contributed by atoms with E-state index in [2.05, 4.69) is 4.90 Å². The number of benzene rings is 1. The Morgan fingerprint density at radius 1 is 1.45 bits per heavy atom. The average Bonchev–Trinajstić information content (AvgIpc) is 2.94. The molecule has 1 saturated heterocycles. The first-order valence-electron chi connectivity index (χ1n) is 6.78. The maximum absolute atomic E-state index is 9.47. The summed E-state index contributed by atoms with van der Waals surface area (Å²) in [6.45, 7) is 1.06. The quantitative estimate of drug-likeness (QED) is 0.843. The molecule has 0 spiro atoms. The molecule has 1 unspecified atom stereocenters. The predicted molar refractivity (Wildman–Crippen MR) is 85.1 cm³/mol. The third-order valence-corrected chi connectivity index (χ3v) is 4.07. The highest BCUT2D eigenvalue weighted by Gasteiger charge is 2.25. The van der Waals surface area contributed by atoms with Crippen molar-refractivity contribution in [1.82, 2.24) is 4.98 Å². The molecule has 1 aliphatic rings. The first kappa shape index (κ1) is 13.3. The lowest BCUT2D eigenvalue weighted by Crippen LogP contribution is -2.33. The summed E-state index contributed by atoms with van der Waals surface area (Å²) in [6.07, 6.45) is 2.07. The van der Waals surface area contributed by atoms with Crippen LogP contribution >= 0.6 is 12.2 Å². The minimum Gasteiger partial charge on any atom is -0.394 e. The maximum atomic E-state index is 9.47. The summed E-state index contributed by atoms with van der Waals surface area (Å²) in [5.41, 5.74) is 7.59. The predicted octanol–water partition coefficient (Wildman–Crippen LogP) is 1.83. The van der Waals surface area contributed by atoms with Gasteiger partial charge < -0.3 is 15.7 Å². The van der Waals surface area contributed by atoms with Crippen molar-refractivity contribution in [1.29, 1.82) is 0 Å². The van der Waals surface area contributed by atoms with Crippen LogP contribution in [0.25, 0.3) is 10.9 Å². The van der Waals surface area contributed by atoms with Crippen LogP contribution in [0.4, 0.5) is 5.82 Å². The van der Waals surface area contributed by atoms with Gasteiger partial charge in [-0.25, -0.2) is 4.98 Å². The molecule has 2 heterocycles. The van der Waals surface area contributed by atoms with E-state index in [0.29, 0.717) is 4.99 Å².